The first kappa shape index (κ1) is 10.3. The van der Waals surface area contributed by atoms with Gasteiger partial charge in [-0.05, 0) is 12.1 Å². The van der Waals surface area contributed by atoms with Gasteiger partial charge in [0.15, 0.2) is 17.4 Å². The standard InChI is InChI=1S/C8H3F4NO/c9-5-2-1-4(3-13)6(10)7(5)14-8(11)12/h1-2,8H. The van der Waals surface area contributed by atoms with Gasteiger partial charge in [-0.1, -0.05) is 0 Å². The molecule has 14 heavy (non-hydrogen) atoms. The second-order valence-corrected chi connectivity index (χ2v) is 2.23. The molecule has 0 aliphatic rings. The summed E-state index contributed by atoms with van der Waals surface area (Å²) in [4.78, 5) is 0. The molecule has 0 saturated carbocycles. The number of benzene rings is 1. The number of nitriles is 1. The van der Waals surface area contributed by atoms with Crippen LogP contribution in [0.4, 0.5) is 17.6 Å². The predicted octanol–water partition coefficient (Wildman–Crippen LogP) is 2.44. The molecule has 0 saturated heterocycles. The molecular weight excluding hydrogens is 202 g/mol. The van der Waals surface area contributed by atoms with Crippen LogP contribution >= 0.6 is 0 Å². The highest BCUT2D eigenvalue weighted by molar-refractivity contribution is 5.39. The molecule has 0 radical (unpaired) electrons. The van der Waals surface area contributed by atoms with E-state index in [0.717, 1.165) is 6.07 Å². The lowest BCUT2D eigenvalue weighted by molar-refractivity contribution is -0.0546. The molecule has 0 heterocycles. The molecule has 1 aromatic rings. The smallest absolute Gasteiger partial charge is 0.387 e. The third-order valence-corrected chi connectivity index (χ3v) is 1.38. The van der Waals surface area contributed by atoms with Crippen LogP contribution in [0, 0.1) is 23.0 Å². The summed E-state index contributed by atoms with van der Waals surface area (Å²) < 4.78 is 52.6. The van der Waals surface area contributed by atoms with E-state index in [4.69, 9.17) is 5.26 Å². The van der Waals surface area contributed by atoms with Crippen molar-refractivity contribution in [2.24, 2.45) is 0 Å². The number of ether oxygens (including phenoxy) is 1. The highest BCUT2D eigenvalue weighted by Gasteiger charge is 2.18. The van der Waals surface area contributed by atoms with Gasteiger partial charge < -0.3 is 4.74 Å². The van der Waals surface area contributed by atoms with Crippen molar-refractivity contribution in [3.8, 4) is 11.8 Å². The van der Waals surface area contributed by atoms with Crippen molar-refractivity contribution in [3.63, 3.8) is 0 Å². The van der Waals surface area contributed by atoms with Crippen molar-refractivity contribution in [1.82, 2.24) is 0 Å². The van der Waals surface area contributed by atoms with Crippen molar-refractivity contribution in [2.45, 2.75) is 6.61 Å². The minimum Gasteiger partial charge on any atom is -0.428 e. The highest BCUT2D eigenvalue weighted by atomic mass is 19.3. The fraction of sp³-hybridized carbons (Fsp3) is 0.125. The molecule has 0 N–H and O–H groups in total. The lowest BCUT2D eigenvalue weighted by Crippen LogP contribution is -2.06. The van der Waals surface area contributed by atoms with Crippen LogP contribution < -0.4 is 4.74 Å². The first-order valence-electron chi connectivity index (χ1n) is 3.39. The zero-order chi connectivity index (χ0) is 10.7. The van der Waals surface area contributed by atoms with Gasteiger partial charge in [-0.25, -0.2) is 8.78 Å². The van der Waals surface area contributed by atoms with Gasteiger partial charge in [0.1, 0.15) is 6.07 Å². The minimum atomic E-state index is -3.34. The summed E-state index contributed by atoms with van der Waals surface area (Å²) in [6.07, 6.45) is 0. The number of halogens is 4. The number of hydrogen-bond acceptors (Lipinski definition) is 2. The highest BCUT2D eigenvalue weighted by Crippen LogP contribution is 2.25. The van der Waals surface area contributed by atoms with E-state index < -0.39 is 29.6 Å². The largest absolute Gasteiger partial charge is 0.428 e. The van der Waals surface area contributed by atoms with Crippen LogP contribution in [0.2, 0.25) is 0 Å². The molecule has 0 aliphatic heterocycles. The van der Waals surface area contributed by atoms with E-state index >= 15 is 0 Å². The van der Waals surface area contributed by atoms with Crippen molar-refractivity contribution < 1.29 is 22.3 Å². The summed E-state index contributed by atoms with van der Waals surface area (Å²) >= 11 is 0. The molecule has 0 fully saturated rings. The van der Waals surface area contributed by atoms with Gasteiger partial charge in [0, 0.05) is 0 Å². The van der Waals surface area contributed by atoms with E-state index in [1.165, 1.54) is 6.07 Å². The van der Waals surface area contributed by atoms with Crippen LogP contribution in [0.5, 0.6) is 5.75 Å². The van der Waals surface area contributed by atoms with Crippen molar-refractivity contribution in [1.29, 1.82) is 5.26 Å². The summed E-state index contributed by atoms with van der Waals surface area (Å²) in [7, 11) is 0. The van der Waals surface area contributed by atoms with Crippen LogP contribution in [0.3, 0.4) is 0 Å². The Morgan fingerprint density at radius 1 is 1.29 bits per heavy atom. The number of rotatable bonds is 2. The molecule has 6 heteroatoms. The van der Waals surface area contributed by atoms with Gasteiger partial charge in [0.25, 0.3) is 0 Å². The minimum absolute atomic E-state index is 0.554. The number of nitrogens with zero attached hydrogens (tertiary/aromatic N) is 1. The third-order valence-electron chi connectivity index (χ3n) is 1.38. The molecule has 74 valence electrons. The zero-order valence-electron chi connectivity index (χ0n) is 6.60. The lowest BCUT2D eigenvalue weighted by Gasteiger charge is -2.06. The quantitative estimate of drug-likeness (QED) is 0.694. The van der Waals surface area contributed by atoms with Crippen molar-refractivity contribution in [3.05, 3.63) is 29.3 Å². The lowest BCUT2D eigenvalue weighted by atomic mass is 10.2. The Morgan fingerprint density at radius 2 is 1.93 bits per heavy atom. The van der Waals surface area contributed by atoms with E-state index in [0.29, 0.717) is 6.07 Å². The summed E-state index contributed by atoms with van der Waals surface area (Å²) in [5, 5.41) is 8.31. The molecular formula is C8H3F4NO. The Bertz CT molecular complexity index is 386. The summed E-state index contributed by atoms with van der Waals surface area (Å²) in [6, 6.07) is 2.89. The van der Waals surface area contributed by atoms with Crippen LogP contribution in [-0.4, -0.2) is 6.61 Å². The maximum Gasteiger partial charge on any atom is 0.387 e. The molecule has 0 amide bonds. The molecule has 0 spiro atoms. The maximum atomic E-state index is 13.0. The molecule has 0 bridgehead atoms. The van der Waals surface area contributed by atoms with Gasteiger partial charge in [0.05, 0.1) is 5.56 Å². The van der Waals surface area contributed by atoms with Crippen molar-refractivity contribution >= 4 is 0 Å². The average Bonchev–Trinajstić information content (AvgIpc) is 2.12. The monoisotopic (exact) mass is 205 g/mol. The predicted molar refractivity (Wildman–Crippen MR) is 37.7 cm³/mol. The Balaban J connectivity index is 3.20. The van der Waals surface area contributed by atoms with E-state index in [-0.39, 0.29) is 0 Å². The Labute approximate surface area is 76.3 Å². The van der Waals surface area contributed by atoms with Crippen LogP contribution in [0.1, 0.15) is 5.56 Å². The molecule has 1 rings (SSSR count). The Hall–Kier alpha value is -1.77. The van der Waals surface area contributed by atoms with E-state index in [1.54, 1.807) is 0 Å². The SMILES string of the molecule is N#Cc1ccc(F)c(OC(F)F)c1F. The fourth-order valence-electron chi connectivity index (χ4n) is 0.816. The summed E-state index contributed by atoms with van der Waals surface area (Å²) in [5.74, 6) is -3.94. The molecule has 0 aromatic heterocycles. The second-order valence-electron chi connectivity index (χ2n) is 2.23. The van der Waals surface area contributed by atoms with Gasteiger partial charge >= 0.3 is 6.61 Å². The first-order valence-corrected chi connectivity index (χ1v) is 3.39. The fourth-order valence-corrected chi connectivity index (χ4v) is 0.816. The number of hydrogen-bond donors (Lipinski definition) is 0. The van der Waals surface area contributed by atoms with E-state index in [1.807, 2.05) is 0 Å². The molecule has 1 aromatic carbocycles. The number of alkyl halides is 2. The molecule has 2 nitrogen and oxygen atoms in total. The molecule has 0 atom stereocenters. The summed E-state index contributed by atoms with van der Waals surface area (Å²) in [6.45, 7) is -3.34. The van der Waals surface area contributed by atoms with Gasteiger partial charge in [0.2, 0.25) is 0 Å². The topological polar surface area (TPSA) is 33.0 Å². The van der Waals surface area contributed by atoms with E-state index in [9.17, 15) is 17.6 Å². The van der Waals surface area contributed by atoms with Gasteiger partial charge in [-0.3, -0.25) is 0 Å². The van der Waals surface area contributed by atoms with Crippen LogP contribution in [0.25, 0.3) is 0 Å². The van der Waals surface area contributed by atoms with Gasteiger partial charge in [-0.2, -0.15) is 14.0 Å². The van der Waals surface area contributed by atoms with Crippen molar-refractivity contribution in [2.75, 3.05) is 0 Å². The first-order chi connectivity index (χ1) is 6.56. The molecule has 0 aliphatic carbocycles. The Kier molecular flexibility index (Phi) is 2.92. The van der Waals surface area contributed by atoms with Crippen LogP contribution in [0.15, 0.2) is 12.1 Å². The van der Waals surface area contributed by atoms with Crippen LogP contribution in [-0.2, 0) is 0 Å². The van der Waals surface area contributed by atoms with E-state index in [2.05, 4.69) is 4.74 Å². The second kappa shape index (κ2) is 3.96. The molecule has 0 unspecified atom stereocenters. The third kappa shape index (κ3) is 1.93. The Morgan fingerprint density at radius 3 is 2.43 bits per heavy atom. The average molecular weight is 205 g/mol. The van der Waals surface area contributed by atoms with Gasteiger partial charge in [-0.15, -0.1) is 0 Å². The maximum absolute atomic E-state index is 13.0. The summed E-state index contributed by atoms with van der Waals surface area (Å²) in [5.41, 5.74) is -0.554. The zero-order valence-corrected chi connectivity index (χ0v) is 6.60. The normalized spacial score (nSPS) is 10.0.